The second kappa shape index (κ2) is 8.62. The molecule has 0 spiro atoms. The zero-order valence-corrected chi connectivity index (χ0v) is 14.8. The molecule has 5 nitrogen and oxygen atoms in total. The maximum Gasteiger partial charge on any atom is 0.261 e. The van der Waals surface area contributed by atoms with Crippen LogP contribution in [0.4, 0.5) is 10.1 Å². The number of carbonyl (C=O) groups is 1. The molecule has 0 unspecified atom stereocenters. The third kappa shape index (κ3) is 5.86. The molecule has 134 valence electrons. The van der Waals surface area contributed by atoms with Gasteiger partial charge in [-0.15, -0.1) is 0 Å². The summed E-state index contributed by atoms with van der Waals surface area (Å²) in [5.41, 5.74) is 1.16. The first-order valence-corrected chi connectivity index (χ1v) is 9.53. The third-order valence-corrected chi connectivity index (χ3v) is 4.94. The van der Waals surface area contributed by atoms with E-state index in [1.807, 2.05) is 0 Å². The van der Waals surface area contributed by atoms with Crippen LogP contribution in [0.1, 0.15) is 25.3 Å². The van der Waals surface area contributed by atoms with Gasteiger partial charge < -0.3 is 5.32 Å². The van der Waals surface area contributed by atoms with E-state index in [4.69, 9.17) is 0 Å². The molecule has 0 radical (unpaired) electrons. The van der Waals surface area contributed by atoms with Gasteiger partial charge >= 0.3 is 0 Å². The Kier molecular flexibility index (Phi) is 6.52. The standard InChI is InChI=1S/C18H21FN2O3S/c1-2-3-12-20-18(22)13-14-4-8-16(9-5-14)21-25(23,24)17-10-6-15(19)7-11-17/h4-11,21H,2-3,12-13H2,1H3,(H,20,22). The van der Waals surface area contributed by atoms with Gasteiger partial charge in [-0.25, -0.2) is 12.8 Å². The molecule has 2 aromatic carbocycles. The second-order valence-electron chi connectivity index (χ2n) is 5.64. The lowest BCUT2D eigenvalue weighted by Crippen LogP contribution is -2.25. The largest absolute Gasteiger partial charge is 0.356 e. The van der Waals surface area contributed by atoms with Crippen molar-refractivity contribution in [2.24, 2.45) is 0 Å². The molecule has 0 fully saturated rings. The molecule has 0 saturated carbocycles. The summed E-state index contributed by atoms with van der Waals surface area (Å²) in [7, 11) is -3.78. The maximum atomic E-state index is 12.9. The fourth-order valence-corrected chi connectivity index (χ4v) is 3.23. The van der Waals surface area contributed by atoms with Crippen molar-refractivity contribution in [1.82, 2.24) is 5.32 Å². The lowest BCUT2D eigenvalue weighted by molar-refractivity contribution is -0.120. The van der Waals surface area contributed by atoms with Crippen molar-refractivity contribution in [3.8, 4) is 0 Å². The SMILES string of the molecule is CCCCNC(=O)Cc1ccc(NS(=O)(=O)c2ccc(F)cc2)cc1. The first-order chi connectivity index (χ1) is 11.9. The first kappa shape index (κ1) is 18.9. The summed E-state index contributed by atoms with van der Waals surface area (Å²) in [5, 5.41) is 2.83. The number of nitrogens with one attached hydrogen (secondary N) is 2. The van der Waals surface area contributed by atoms with E-state index in [0.29, 0.717) is 12.2 Å². The van der Waals surface area contributed by atoms with Crippen LogP contribution in [-0.2, 0) is 21.2 Å². The number of halogens is 1. The highest BCUT2D eigenvalue weighted by Gasteiger charge is 2.14. The van der Waals surface area contributed by atoms with Gasteiger partial charge in [-0.3, -0.25) is 9.52 Å². The molecule has 0 atom stereocenters. The average molecular weight is 364 g/mol. The van der Waals surface area contributed by atoms with E-state index < -0.39 is 15.8 Å². The molecule has 0 aliphatic heterocycles. The zero-order valence-electron chi connectivity index (χ0n) is 14.0. The normalized spacial score (nSPS) is 11.1. The Morgan fingerprint density at radius 3 is 2.28 bits per heavy atom. The number of hydrogen-bond acceptors (Lipinski definition) is 3. The van der Waals surface area contributed by atoms with Crippen molar-refractivity contribution in [1.29, 1.82) is 0 Å². The average Bonchev–Trinajstić information content (AvgIpc) is 2.57. The summed E-state index contributed by atoms with van der Waals surface area (Å²) in [4.78, 5) is 11.7. The Bertz CT molecular complexity index is 803. The molecule has 0 saturated heterocycles. The number of benzene rings is 2. The van der Waals surface area contributed by atoms with Crippen LogP contribution in [0.15, 0.2) is 53.4 Å². The van der Waals surface area contributed by atoms with Gasteiger partial charge in [-0.05, 0) is 48.4 Å². The van der Waals surface area contributed by atoms with Crippen molar-refractivity contribution >= 4 is 21.6 Å². The number of amides is 1. The Hall–Kier alpha value is -2.41. The van der Waals surface area contributed by atoms with Gasteiger partial charge in [0.15, 0.2) is 0 Å². The van der Waals surface area contributed by atoms with E-state index in [1.54, 1.807) is 24.3 Å². The fourth-order valence-electron chi connectivity index (χ4n) is 2.17. The van der Waals surface area contributed by atoms with E-state index >= 15 is 0 Å². The molecule has 0 bridgehead atoms. The molecule has 0 aromatic heterocycles. The number of anilines is 1. The summed E-state index contributed by atoms with van der Waals surface area (Å²) >= 11 is 0. The van der Waals surface area contributed by atoms with Crippen LogP contribution in [0.2, 0.25) is 0 Å². The van der Waals surface area contributed by atoms with E-state index in [0.717, 1.165) is 30.5 Å². The Labute approximate surface area is 147 Å². The van der Waals surface area contributed by atoms with Gasteiger partial charge in [0.25, 0.3) is 10.0 Å². The predicted molar refractivity (Wildman–Crippen MR) is 95.3 cm³/mol. The van der Waals surface area contributed by atoms with Crippen molar-refractivity contribution < 1.29 is 17.6 Å². The van der Waals surface area contributed by atoms with Crippen molar-refractivity contribution in [3.05, 3.63) is 59.9 Å². The summed E-state index contributed by atoms with van der Waals surface area (Å²) in [6.07, 6.45) is 2.20. The lowest BCUT2D eigenvalue weighted by atomic mass is 10.1. The van der Waals surface area contributed by atoms with Crippen LogP contribution in [0.3, 0.4) is 0 Å². The minimum atomic E-state index is -3.78. The van der Waals surface area contributed by atoms with Crippen molar-refractivity contribution in [3.63, 3.8) is 0 Å². The van der Waals surface area contributed by atoms with Crippen LogP contribution in [-0.4, -0.2) is 20.9 Å². The van der Waals surface area contributed by atoms with Gasteiger partial charge in [0.1, 0.15) is 5.82 Å². The highest BCUT2D eigenvalue weighted by Crippen LogP contribution is 2.17. The zero-order chi connectivity index (χ0) is 18.3. The monoisotopic (exact) mass is 364 g/mol. The van der Waals surface area contributed by atoms with E-state index in [-0.39, 0.29) is 17.2 Å². The Balaban J connectivity index is 1.97. The highest BCUT2D eigenvalue weighted by molar-refractivity contribution is 7.92. The van der Waals surface area contributed by atoms with Crippen molar-refractivity contribution in [2.45, 2.75) is 31.1 Å². The molecule has 2 aromatic rings. The molecule has 7 heteroatoms. The molecule has 2 rings (SSSR count). The number of hydrogen-bond donors (Lipinski definition) is 2. The number of rotatable bonds is 8. The fraction of sp³-hybridized carbons (Fsp3) is 0.278. The minimum Gasteiger partial charge on any atom is -0.356 e. The first-order valence-electron chi connectivity index (χ1n) is 8.05. The lowest BCUT2D eigenvalue weighted by Gasteiger charge is -2.09. The summed E-state index contributed by atoms with van der Waals surface area (Å²) in [6, 6.07) is 11.2. The second-order valence-corrected chi connectivity index (χ2v) is 7.32. The molecular weight excluding hydrogens is 343 g/mol. The number of sulfonamides is 1. The van der Waals surface area contributed by atoms with E-state index in [9.17, 15) is 17.6 Å². The van der Waals surface area contributed by atoms with Crippen LogP contribution in [0.5, 0.6) is 0 Å². The molecule has 2 N–H and O–H groups in total. The maximum absolute atomic E-state index is 12.9. The van der Waals surface area contributed by atoms with Gasteiger partial charge in [-0.1, -0.05) is 25.5 Å². The smallest absolute Gasteiger partial charge is 0.261 e. The predicted octanol–water partition coefficient (Wildman–Crippen LogP) is 3.09. The summed E-state index contributed by atoms with van der Waals surface area (Å²) in [6.45, 7) is 2.71. The van der Waals surface area contributed by atoms with Gasteiger partial charge in [0, 0.05) is 12.2 Å². The summed E-state index contributed by atoms with van der Waals surface area (Å²) < 4.78 is 39.8. The summed E-state index contributed by atoms with van der Waals surface area (Å²) in [5.74, 6) is -0.561. The Morgan fingerprint density at radius 2 is 1.68 bits per heavy atom. The Morgan fingerprint density at radius 1 is 1.04 bits per heavy atom. The van der Waals surface area contributed by atoms with Crippen LogP contribution in [0.25, 0.3) is 0 Å². The quantitative estimate of drug-likeness (QED) is 0.707. The molecule has 0 aliphatic carbocycles. The van der Waals surface area contributed by atoms with Gasteiger partial charge in [0.05, 0.1) is 11.3 Å². The molecule has 0 aliphatic rings. The van der Waals surface area contributed by atoms with E-state index in [1.165, 1.54) is 12.1 Å². The molecule has 25 heavy (non-hydrogen) atoms. The minimum absolute atomic E-state index is 0.0201. The molecule has 1 amide bonds. The third-order valence-electron chi connectivity index (χ3n) is 3.55. The van der Waals surface area contributed by atoms with E-state index in [2.05, 4.69) is 17.0 Å². The van der Waals surface area contributed by atoms with Crippen LogP contribution < -0.4 is 10.0 Å². The topological polar surface area (TPSA) is 75.3 Å². The number of carbonyl (C=O) groups excluding carboxylic acids is 1. The van der Waals surface area contributed by atoms with Gasteiger partial charge in [0.2, 0.25) is 5.91 Å². The number of unbranched alkanes of at least 4 members (excludes halogenated alkanes) is 1. The highest BCUT2D eigenvalue weighted by atomic mass is 32.2. The van der Waals surface area contributed by atoms with Gasteiger partial charge in [-0.2, -0.15) is 0 Å². The van der Waals surface area contributed by atoms with Crippen LogP contribution >= 0.6 is 0 Å². The molecular formula is C18H21FN2O3S. The van der Waals surface area contributed by atoms with Crippen molar-refractivity contribution in [2.75, 3.05) is 11.3 Å². The molecule has 0 heterocycles. The van der Waals surface area contributed by atoms with Crippen LogP contribution in [0, 0.1) is 5.82 Å².